The number of Topliss-reactive ketones (excluding diaryl/α,β-unsaturated/α-hetero) is 1. The number of benzene rings is 1. The lowest BCUT2D eigenvalue weighted by Gasteiger charge is -2.32. The van der Waals surface area contributed by atoms with Crippen LogP contribution in [0.4, 0.5) is 0 Å². The van der Waals surface area contributed by atoms with Crippen molar-refractivity contribution in [3.05, 3.63) is 34.9 Å². The molecule has 3 heteroatoms. The molecule has 1 aromatic carbocycles. The Morgan fingerprint density at radius 1 is 1.13 bits per heavy atom. The number of fused-ring (bicyclic) bond motifs is 2. The summed E-state index contributed by atoms with van der Waals surface area (Å²) in [5.41, 5.74) is 4.41. The Labute approximate surface area is 182 Å². The highest BCUT2D eigenvalue weighted by atomic mass is 16.7. The molecule has 0 amide bonds. The smallest absolute Gasteiger partial charge is 0.157 e. The van der Waals surface area contributed by atoms with Crippen molar-refractivity contribution in [2.45, 2.75) is 103 Å². The van der Waals surface area contributed by atoms with E-state index in [1.54, 1.807) is 0 Å². The van der Waals surface area contributed by atoms with Crippen LogP contribution >= 0.6 is 0 Å². The van der Waals surface area contributed by atoms with E-state index in [0.717, 1.165) is 58.0 Å². The topological polar surface area (TPSA) is 35.5 Å². The molecule has 0 radical (unpaired) electrons. The Kier molecular flexibility index (Phi) is 7.64. The van der Waals surface area contributed by atoms with Crippen molar-refractivity contribution in [1.29, 1.82) is 0 Å². The molecule has 1 saturated carbocycles. The van der Waals surface area contributed by atoms with E-state index in [1.165, 1.54) is 42.4 Å². The summed E-state index contributed by atoms with van der Waals surface area (Å²) in [4.78, 5) is 13.0. The van der Waals surface area contributed by atoms with E-state index in [1.807, 2.05) is 0 Å². The number of hydrogen-bond acceptors (Lipinski definition) is 3. The maximum atomic E-state index is 13.0. The van der Waals surface area contributed by atoms with Gasteiger partial charge in [-0.05, 0) is 86.8 Å². The largest absolute Gasteiger partial charge is 0.353 e. The van der Waals surface area contributed by atoms with Gasteiger partial charge in [-0.3, -0.25) is 4.79 Å². The normalized spacial score (nSPS) is 29.5. The summed E-state index contributed by atoms with van der Waals surface area (Å²) in [5.74, 6) is 1.83. The first-order valence-electron chi connectivity index (χ1n) is 12.5. The van der Waals surface area contributed by atoms with Crippen LogP contribution in [-0.4, -0.2) is 24.8 Å². The molecule has 4 unspecified atom stereocenters. The van der Waals surface area contributed by atoms with E-state index in [9.17, 15) is 4.79 Å². The van der Waals surface area contributed by atoms with E-state index in [-0.39, 0.29) is 18.3 Å². The van der Waals surface area contributed by atoms with Crippen molar-refractivity contribution in [3.8, 4) is 0 Å². The van der Waals surface area contributed by atoms with Crippen LogP contribution in [0.3, 0.4) is 0 Å². The van der Waals surface area contributed by atoms with Crippen LogP contribution in [0.25, 0.3) is 0 Å². The molecule has 0 N–H and O–H groups in total. The molecule has 3 nitrogen and oxygen atoms in total. The van der Waals surface area contributed by atoms with Crippen LogP contribution in [0.2, 0.25) is 0 Å². The number of ketones is 1. The number of hydrogen-bond donors (Lipinski definition) is 0. The van der Waals surface area contributed by atoms with Gasteiger partial charge in [0.05, 0.1) is 6.10 Å². The standard InChI is InChI=1S/C27H40O3/c1-3-4-5-11-22(30-27-12-6-7-15-29-27)13-14-23-25-16-20-10-8-9-19(2)24(20)17-21(25)18-26(23)28/h8-10,21-23,25,27H,3-7,11-18H2,1-2H3/t21?,22-,23?,25?,27?/m0/s1. The van der Waals surface area contributed by atoms with Gasteiger partial charge in [0.1, 0.15) is 5.78 Å². The fourth-order valence-corrected chi connectivity index (χ4v) is 6.10. The summed E-state index contributed by atoms with van der Waals surface area (Å²) in [5, 5.41) is 0. The molecule has 0 spiro atoms. The Hall–Kier alpha value is -1.19. The molecule has 1 heterocycles. The summed E-state index contributed by atoms with van der Waals surface area (Å²) in [7, 11) is 0. The number of carbonyl (C=O) groups is 1. The van der Waals surface area contributed by atoms with Crippen LogP contribution in [0.15, 0.2) is 18.2 Å². The maximum Gasteiger partial charge on any atom is 0.157 e. The van der Waals surface area contributed by atoms with E-state index in [4.69, 9.17) is 9.47 Å². The molecular formula is C27H40O3. The first kappa shape index (κ1) is 22.0. The number of ether oxygens (including phenoxy) is 2. The van der Waals surface area contributed by atoms with E-state index in [0.29, 0.717) is 17.6 Å². The molecule has 1 aromatic rings. The zero-order valence-corrected chi connectivity index (χ0v) is 19.0. The second-order valence-electron chi connectivity index (χ2n) is 9.95. The molecule has 5 atom stereocenters. The first-order valence-corrected chi connectivity index (χ1v) is 12.5. The molecule has 0 aromatic heterocycles. The second-order valence-corrected chi connectivity index (χ2v) is 9.95. The molecule has 2 fully saturated rings. The Bertz CT molecular complexity index is 706. The average Bonchev–Trinajstić information content (AvgIpc) is 3.06. The Balaban J connectivity index is 1.37. The summed E-state index contributed by atoms with van der Waals surface area (Å²) in [6, 6.07) is 6.69. The third-order valence-corrected chi connectivity index (χ3v) is 7.84. The summed E-state index contributed by atoms with van der Waals surface area (Å²) >= 11 is 0. The van der Waals surface area contributed by atoms with Gasteiger partial charge in [-0.1, -0.05) is 44.4 Å². The lowest BCUT2D eigenvalue weighted by Crippen LogP contribution is -2.30. The third-order valence-electron chi connectivity index (χ3n) is 7.84. The monoisotopic (exact) mass is 412 g/mol. The van der Waals surface area contributed by atoms with Crippen LogP contribution < -0.4 is 0 Å². The lowest BCUT2D eigenvalue weighted by atomic mass is 9.73. The van der Waals surface area contributed by atoms with Crippen molar-refractivity contribution in [1.82, 2.24) is 0 Å². The van der Waals surface area contributed by atoms with Crippen molar-refractivity contribution < 1.29 is 14.3 Å². The van der Waals surface area contributed by atoms with Crippen LogP contribution in [-0.2, 0) is 27.1 Å². The Morgan fingerprint density at radius 2 is 2.03 bits per heavy atom. The van der Waals surface area contributed by atoms with Crippen LogP contribution in [0.1, 0.15) is 87.8 Å². The molecular weight excluding hydrogens is 372 g/mol. The van der Waals surface area contributed by atoms with E-state index in [2.05, 4.69) is 32.0 Å². The zero-order chi connectivity index (χ0) is 20.9. The summed E-state index contributed by atoms with van der Waals surface area (Å²) < 4.78 is 12.3. The maximum absolute atomic E-state index is 13.0. The first-order chi connectivity index (χ1) is 14.7. The molecule has 2 aliphatic carbocycles. The lowest BCUT2D eigenvalue weighted by molar-refractivity contribution is -0.191. The molecule has 4 rings (SSSR count). The molecule has 1 saturated heterocycles. The van der Waals surface area contributed by atoms with Gasteiger partial charge < -0.3 is 9.47 Å². The van der Waals surface area contributed by atoms with Gasteiger partial charge in [0, 0.05) is 18.9 Å². The summed E-state index contributed by atoms with van der Waals surface area (Å²) in [6.07, 6.45) is 13.4. The molecule has 166 valence electrons. The minimum Gasteiger partial charge on any atom is -0.353 e. The Morgan fingerprint density at radius 3 is 2.83 bits per heavy atom. The average molecular weight is 413 g/mol. The van der Waals surface area contributed by atoms with Gasteiger partial charge in [-0.25, -0.2) is 0 Å². The van der Waals surface area contributed by atoms with Crippen LogP contribution in [0.5, 0.6) is 0 Å². The second kappa shape index (κ2) is 10.4. The van der Waals surface area contributed by atoms with Crippen molar-refractivity contribution in [3.63, 3.8) is 0 Å². The highest BCUT2D eigenvalue weighted by Gasteiger charge is 2.44. The SMILES string of the molecule is CCCCC[C@@H](CCC1C(=O)CC2Cc3c(C)cccc3CC21)OC1CCCCO1. The number of rotatable bonds is 9. The zero-order valence-electron chi connectivity index (χ0n) is 19.0. The minimum atomic E-state index is -0.0260. The minimum absolute atomic E-state index is 0.0260. The van der Waals surface area contributed by atoms with Gasteiger partial charge in [0.2, 0.25) is 0 Å². The number of unbranched alkanes of at least 4 members (excludes halogenated alkanes) is 2. The van der Waals surface area contributed by atoms with E-state index >= 15 is 0 Å². The number of aryl methyl sites for hydroxylation is 1. The van der Waals surface area contributed by atoms with Gasteiger partial charge in [-0.2, -0.15) is 0 Å². The highest BCUT2D eigenvalue weighted by Crippen LogP contribution is 2.45. The van der Waals surface area contributed by atoms with Gasteiger partial charge in [-0.15, -0.1) is 0 Å². The fraction of sp³-hybridized carbons (Fsp3) is 0.741. The van der Waals surface area contributed by atoms with Gasteiger partial charge >= 0.3 is 0 Å². The fourth-order valence-electron chi connectivity index (χ4n) is 6.10. The molecule has 30 heavy (non-hydrogen) atoms. The predicted octanol–water partition coefficient (Wildman–Crippen LogP) is 6.19. The van der Waals surface area contributed by atoms with E-state index < -0.39 is 0 Å². The van der Waals surface area contributed by atoms with Gasteiger partial charge in [0.15, 0.2) is 6.29 Å². The van der Waals surface area contributed by atoms with Gasteiger partial charge in [0.25, 0.3) is 0 Å². The molecule has 0 bridgehead atoms. The highest BCUT2D eigenvalue weighted by molar-refractivity contribution is 5.84. The third kappa shape index (κ3) is 5.16. The number of carbonyl (C=O) groups excluding carboxylic acids is 1. The van der Waals surface area contributed by atoms with Crippen molar-refractivity contribution in [2.75, 3.05) is 6.61 Å². The predicted molar refractivity (Wildman–Crippen MR) is 121 cm³/mol. The molecule has 1 aliphatic heterocycles. The van der Waals surface area contributed by atoms with Crippen molar-refractivity contribution in [2.24, 2.45) is 17.8 Å². The summed E-state index contributed by atoms with van der Waals surface area (Å²) in [6.45, 7) is 5.30. The van der Waals surface area contributed by atoms with Crippen LogP contribution in [0, 0.1) is 24.7 Å². The molecule has 3 aliphatic rings. The van der Waals surface area contributed by atoms with Crippen molar-refractivity contribution >= 4 is 5.78 Å². The quantitative estimate of drug-likeness (QED) is 0.454.